The second kappa shape index (κ2) is 5.23. The monoisotopic (exact) mass is 278 g/mol. The predicted molar refractivity (Wildman–Crippen MR) is 65.7 cm³/mol. The average Bonchev–Trinajstić information content (AvgIpc) is 2.30. The first kappa shape index (κ1) is 11.3. The van der Waals surface area contributed by atoms with Gasteiger partial charge >= 0.3 is 0 Å². The third-order valence-electron chi connectivity index (χ3n) is 2.39. The normalized spacial score (nSPS) is 12.4. The van der Waals surface area contributed by atoms with Crippen LogP contribution in [-0.4, -0.2) is 5.11 Å². The molecular formula is C13H13BrNO+. The third kappa shape index (κ3) is 2.90. The van der Waals surface area contributed by atoms with E-state index >= 15 is 0 Å². The molecule has 0 amide bonds. The summed E-state index contributed by atoms with van der Waals surface area (Å²) in [6.07, 6.45) is 3.42. The Bertz CT molecular complexity index is 458. The van der Waals surface area contributed by atoms with E-state index in [1.165, 1.54) is 0 Å². The Labute approximate surface area is 103 Å². The van der Waals surface area contributed by atoms with Gasteiger partial charge in [0.1, 0.15) is 6.10 Å². The first-order valence-electron chi connectivity index (χ1n) is 5.13. The van der Waals surface area contributed by atoms with Crippen molar-refractivity contribution in [2.75, 3.05) is 0 Å². The molecule has 2 aromatic rings. The number of aliphatic hydroxyl groups is 1. The topological polar surface area (TPSA) is 24.1 Å². The van der Waals surface area contributed by atoms with Crippen LogP contribution in [0, 0.1) is 0 Å². The van der Waals surface area contributed by atoms with E-state index < -0.39 is 6.10 Å². The van der Waals surface area contributed by atoms with E-state index in [1.54, 1.807) is 0 Å². The second-order valence-corrected chi connectivity index (χ2v) is 4.56. The van der Waals surface area contributed by atoms with Gasteiger partial charge in [-0.15, -0.1) is 0 Å². The van der Waals surface area contributed by atoms with Gasteiger partial charge in [-0.05, 0) is 27.6 Å². The molecule has 1 aromatic carbocycles. The molecule has 2 nitrogen and oxygen atoms in total. The maximum atomic E-state index is 10.0. The van der Waals surface area contributed by atoms with Crippen molar-refractivity contribution in [1.82, 2.24) is 0 Å². The van der Waals surface area contributed by atoms with E-state index in [2.05, 4.69) is 15.9 Å². The van der Waals surface area contributed by atoms with Crippen LogP contribution in [0.1, 0.15) is 11.7 Å². The molecule has 0 unspecified atom stereocenters. The zero-order valence-electron chi connectivity index (χ0n) is 8.75. The van der Waals surface area contributed by atoms with Crippen LogP contribution in [0.3, 0.4) is 0 Å². The van der Waals surface area contributed by atoms with Crippen LogP contribution >= 0.6 is 15.9 Å². The summed E-state index contributed by atoms with van der Waals surface area (Å²) in [5, 5.41) is 10.0. The van der Waals surface area contributed by atoms with Crippen LogP contribution in [0.5, 0.6) is 0 Å². The molecule has 1 aromatic heterocycles. The average molecular weight is 279 g/mol. The highest BCUT2D eigenvalue weighted by molar-refractivity contribution is 9.10. The van der Waals surface area contributed by atoms with Gasteiger partial charge < -0.3 is 5.11 Å². The number of aromatic nitrogens is 1. The van der Waals surface area contributed by atoms with Crippen molar-refractivity contribution in [1.29, 1.82) is 0 Å². The third-order valence-corrected chi connectivity index (χ3v) is 2.86. The molecule has 82 valence electrons. The van der Waals surface area contributed by atoms with Gasteiger partial charge in [-0.1, -0.05) is 30.3 Å². The van der Waals surface area contributed by atoms with Crippen molar-refractivity contribution >= 4 is 15.9 Å². The maximum absolute atomic E-state index is 10.0. The van der Waals surface area contributed by atoms with Crippen LogP contribution in [0.4, 0.5) is 0 Å². The molecule has 0 aliphatic rings. The van der Waals surface area contributed by atoms with Gasteiger partial charge in [-0.25, -0.2) is 4.57 Å². The Morgan fingerprint density at radius 1 is 1.12 bits per heavy atom. The summed E-state index contributed by atoms with van der Waals surface area (Å²) in [6.45, 7) is 0.559. The fourth-order valence-corrected chi connectivity index (χ4v) is 2.00. The van der Waals surface area contributed by atoms with Gasteiger partial charge in [-0.2, -0.15) is 0 Å². The van der Waals surface area contributed by atoms with E-state index in [-0.39, 0.29) is 0 Å². The molecule has 3 heteroatoms. The molecule has 1 atom stereocenters. The molecule has 0 fully saturated rings. The van der Waals surface area contributed by atoms with E-state index in [0.717, 1.165) is 10.0 Å². The summed E-state index contributed by atoms with van der Waals surface area (Å²) in [4.78, 5) is 0. The van der Waals surface area contributed by atoms with Gasteiger partial charge in [0.2, 0.25) is 0 Å². The van der Waals surface area contributed by atoms with E-state index in [1.807, 2.05) is 59.4 Å². The number of hydrogen-bond acceptors (Lipinski definition) is 1. The first-order chi connectivity index (χ1) is 7.75. The Kier molecular flexibility index (Phi) is 3.70. The van der Waals surface area contributed by atoms with E-state index in [9.17, 15) is 5.11 Å². The number of aliphatic hydroxyl groups excluding tert-OH is 1. The lowest BCUT2D eigenvalue weighted by Crippen LogP contribution is -2.36. The summed E-state index contributed by atoms with van der Waals surface area (Å²) in [7, 11) is 0. The summed E-state index contributed by atoms with van der Waals surface area (Å²) in [5.41, 5.74) is 0.940. The molecule has 0 spiro atoms. The lowest BCUT2D eigenvalue weighted by molar-refractivity contribution is -0.705. The minimum Gasteiger partial charge on any atom is -0.382 e. The molecule has 1 N–H and O–H groups in total. The predicted octanol–water partition coefficient (Wildman–Crippen LogP) is 2.47. The molecule has 0 radical (unpaired) electrons. The SMILES string of the molecule is O[C@H](C[n+]1cccc(Br)c1)c1ccccc1. The molecule has 1 heterocycles. The van der Waals surface area contributed by atoms with Crippen LogP contribution < -0.4 is 4.57 Å². The smallest absolute Gasteiger partial charge is 0.183 e. The van der Waals surface area contributed by atoms with Gasteiger partial charge in [-0.3, -0.25) is 0 Å². The van der Waals surface area contributed by atoms with E-state index in [0.29, 0.717) is 6.54 Å². The van der Waals surface area contributed by atoms with Crippen molar-refractivity contribution in [3.63, 3.8) is 0 Å². The molecule has 0 bridgehead atoms. The highest BCUT2D eigenvalue weighted by Gasteiger charge is 2.12. The Morgan fingerprint density at radius 2 is 1.88 bits per heavy atom. The van der Waals surface area contributed by atoms with Gasteiger partial charge in [0, 0.05) is 6.07 Å². The van der Waals surface area contributed by atoms with Crippen molar-refractivity contribution < 1.29 is 9.67 Å². The second-order valence-electron chi connectivity index (χ2n) is 3.65. The zero-order chi connectivity index (χ0) is 11.4. The molecule has 2 rings (SSSR count). The fraction of sp³-hybridized carbons (Fsp3) is 0.154. The summed E-state index contributed by atoms with van der Waals surface area (Å²) < 4.78 is 2.97. The lowest BCUT2D eigenvalue weighted by atomic mass is 10.1. The minimum absolute atomic E-state index is 0.472. The highest BCUT2D eigenvalue weighted by atomic mass is 79.9. The summed E-state index contributed by atoms with van der Waals surface area (Å²) >= 11 is 3.41. The summed E-state index contributed by atoms with van der Waals surface area (Å²) in [6, 6.07) is 13.6. The Morgan fingerprint density at radius 3 is 2.56 bits per heavy atom. The molecular weight excluding hydrogens is 266 g/mol. The van der Waals surface area contributed by atoms with Crippen LogP contribution in [0.25, 0.3) is 0 Å². The standard InChI is InChI=1S/C13H13BrNO/c14-12-7-4-8-15(9-12)10-13(16)11-5-2-1-3-6-11/h1-9,13,16H,10H2/q+1/t13-/m1/s1. The van der Waals surface area contributed by atoms with Crippen LogP contribution in [0.15, 0.2) is 59.3 Å². The van der Waals surface area contributed by atoms with Gasteiger partial charge in [0.15, 0.2) is 18.9 Å². The first-order valence-corrected chi connectivity index (χ1v) is 5.92. The Hall–Kier alpha value is -1.19. The highest BCUT2D eigenvalue weighted by Crippen LogP contribution is 2.12. The molecule has 0 aliphatic carbocycles. The number of pyridine rings is 1. The number of benzene rings is 1. The van der Waals surface area contributed by atoms with Crippen molar-refractivity contribution in [3.05, 3.63) is 64.9 Å². The Balaban J connectivity index is 2.11. The zero-order valence-corrected chi connectivity index (χ0v) is 10.3. The minimum atomic E-state index is -0.472. The molecule has 16 heavy (non-hydrogen) atoms. The lowest BCUT2D eigenvalue weighted by Gasteiger charge is -2.07. The number of nitrogens with zero attached hydrogens (tertiary/aromatic N) is 1. The van der Waals surface area contributed by atoms with Gasteiger partial charge in [0.05, 0.1) is 4.47 Å². The van der Waals surface area contributed by atoms with Gasteiger partial charge in [0.25, 0.3) is 0 Å². The largest absolute Gasteiger partial charge is 0.382 e. The maximum Gasteiger partial charge on any atom is 0.183 e. The molecule has 0 saturated heterocycles. The number of halogens is 1. The summed E-state index contributed by atoms with van der Waals surface area (Å²) in [5.74, 6) is 0. The van der Waals surface area contributed by atoms with Crippen molar-refractivity contribution in [2.24, 2.45) is 0 Å². The number of hydrogen-bond donors (Lipinski definition) is 1. The van der Waals surface area contributed by atoms with Crippen LogP contribution in [0.2, 0.25) is 0 Å². The van der Waals surface area contributed by atoms with Crippen molar-refractivity contribution in [2.45, 2.75) is 12.6 Å². The molecule has 0 aliphatic heterocycles. The molecule has 0 saturated carbocycles. The van der Waals surface area contributed by atoms with Crippen LogP contribution in [-0.2, 0) is 6.54 Å². The van der Waals surface area contributed by atoms with E-state index in [4.69, 9.17) is 0 Å². The van der Waals surface area contributed by atoms with Crippen molar-refractivity contribution in [3.8, 4) is 0 Å². The quantitative estimate of drug-likeness (QED) is 0.857. The number of rotatable bonds is 3. The fourth-order valence-electron chi connectivity index (χ4n) is 1.58.